The molecule has 2 atom stereocenters. The van der Waals surface area contributed by atoms with Gasteiger partial charge in [0.2, 0.25) is 6.79 Å². The Balaban J connectivity index is 1.49. The van der Waals surface area contributed by atoms with E-state index in [4.69, 9.17) is 14.2 Å². The maximum Gasteiger partial charge on any atom is 0.231 e. The standard InChI is InChI=1S/C21H23NO3/c1-14(11-15-9-10-18-20(12-15)25-13-24-18)22-17-7-3-5-16-6-4-8-19(23-2)21(16)17/h3-4,6-10,12,14,17,22H,5,11,13H2,1-2H3. The molecule has 2 unspecified atom stereocenters. The fraction of sp³-hybridized carbons (Fsp3) is 0.333. The summed E-state index contributed by atoms with van der Waals surface area (Å²) in [6.45, 7) is 2.53. The van der Waals surface area contributed by atoms with Crippen molar-refractivity contribution in [3.8, 4) is 17.2 Å². The lowest BCUT2D eigenvalue weighted by atomic mass is 9.91. The molecule has 4 heteroatoms. The smallest absolute Gasteiger partial charge is 0.231 e. The van der Waals surface area contributed by atoms with Gasteiger partial charge in [0.05, 0.1) is 13.2 Å². The van der Waals surface area contributed by atoms with Gasteiger partial charge in [-0.2, -0.15) is 0 Å². The van der Waals surface area contributed by atoms with E-state index in [1.54, 1.807) is 7.11 Å². The van der Waals surface area contributed by atoms with Gasteiger partial charge >= 0.3 is 0 Å². The van der Waals surface area contributed by atoms with E-state index < -0.39 is 0 Å². The molecule has 0 fully saturated rings. The van der Waals surface area contributed by atoms with Crippen molar-refractivity contribution in [2.45, 2.75) is 31.8 Å². The molecule has 0 radical (unpaired) electrons. The zero-order valence-corrected chi connectivity index (χ0v) is 14.6. The number of allylic oxidation sites excluding steroid dienone is 1. The van der Waals surface area contributed by atoms with E-state index in [9.17, 15) is 0 Å². The molecule has 2 aromatic carbocycles. The Bertz CT molecular complexity index is 800. The van der Waals surface area contributed by atoms with Gasteiger partial charge in [0.15, 0.2) is 11.5 Å². The summed E-state index contributed by atoms with van der Waals surface area (Å²) in [6.07, 6.45) is 6.35. The van der Waals surface area contributed by atoms with Crippen LogP contribution in [0, 0.1) is 0 Å². The van der Waals surface area contributed by atoms with Gasteiger partial charge in [0.1, 0.15) is 5.75 Å². The van der Waals surface area contributed by atoms with Crippen molar-refractivity contribution >= 4 is 0 Å². The minimum absolute atomic E-state index is 0.170. The molecule has 0 spiro atoms. The summed E-state index contributed by atoms with van der Waals surface area (Å²) >= 11 is 0. The molecular formula is C21H23NO3. The molecule has 4 rings (SSSR count). The normalized spacial score (nSPS) is 18.7. The highest BCUT2D eigenvalue weighted by atomic mass is 16.7. The lowest BCUT2D eigenvalue weighted by Gasteiger charge is -2.27. The van der Waals surface area contributed by atoms with Crippen molar-refractivity contribution in [3.63, 3.8) is 0 Å². The molecular weight excluding hydrogens is 314 g/mol. The van der Waals surface area contributed by atoms with Crippen LogP contribution in [0.4, 0.5) is 0 Å². The van der Waals surface area contributed by atoms with Crippen molar-refractivity contribution in [2.75, 3.05) is 13.9 Å². The third-order valence-corrected chi connectivity index (χ3v) is 4.80. The Morgan fingerprint density at radius 2 is 2.08 bits per heavy atom. The van der Waals surface area contributed by atoms with Gasteiger partial charge in [-0.25, -0.2) is 0 Å². The number of nitrogens with one attached hydrogen (secondary N) is 1. The average molecular weight is 337 g/mol. The predicted octanol–water partition coefficient (Wildman–Crippen LogP) is 3.80. The van der Waals surface area contributed by atoms with Crippen LogP contribution >= 0.6 is 0 Å². The third-order valence-electron chi connectivity index (χ3n) is 4.80. The SMILES string of the molecule is COc1cccc2c1C(NC(C)Cc1ccc3c(c1)OCO3)C=CC2. The zero-order valence-electron chi connectivity index (χ0n) is 14.6. The molecule has 130 valence electrons. The summed E-state index contributed by atoms with van der Waals surface area (Å²) in [5, 5.41) is 3.73. The summed E-state index contributed by atoms with van der Waals surface area (Å²) in [7, 11) is 1.74. The van der Waals surface area contributed by atoms with E-state index >= 15 is 0 Å². The van der Waals surface area contributed by atoms with Crippen LogP contribution in [0.25, 0.3) is 0 Å². The largest absolute Gasteiger partial charge is 0.496 e. The fourth-order valence-electron chi connectivity index (χ4n) is 3.65. The number of hydrogen-bond acceptors (Lipinski definition) is 4. The minimum atomic E-state index is 0.170. The first kappa shape index (κ1) is 16.0. The number of hydrogen-bond donors (Lipinski definition) is 1. The first-order valence-electron chi connectivity index (χ1n) is 8.71. The molecule has 1 aliphatic heterocycles. The molecule has 0 bridgehead atoms. The first-order chi connectivity index (χ1) is 12.2. The molecule has 1 aliphatic carbocycles. The number of benzene rings is 2. The summed E-state index contributed by atoms with van der Waals surface area (Å²) in [5.41, 5.74) is 3.82. The first-order valence-corrected chi connectivity index (χ1v) is 8.71. The van der Waals surface area contributed by atoms with Crippen LogP contribution in [-0.2, 0) is 12.8 Å². The molecule has 0 aromatic heterocycles. The third kappa shape index (κ3) is 3.22. The predicted molar refractivity (Wildman–Crippen MR) is 97.4 cm³/mol. The van der Waals surface area contributed by atoms with E-state index in [-0.39, 0.29) is 6.04 Å². The van der Waals surface area contributed by atoms with Gasteiger partial charge in [0, 0.05) is 11.6 Å². The van der Waals surface area contributed by atoms with Crippen molar-refractivity contribution < 1.29 is 14.2 Å². The maximum atomic E-state index is 5.59. The molecule has 25 heavy (non-hydrogen) atoms. The highest BCUT2D eigenvalue weighted by molar-refractivity contribution is 5.48. The zero-order chi connectivity index (χ0) is 17.2. The highest BCUT2D eigenvalue weighted by Gasteiger charge is 2.22. The Morgan fingerprint density at radius 3 is 2.96 bits per heavy atom. The van der Waals surface area contributed by atoms with Crippen LogP contribution in [0.1, 0.15) is 29.7 Å². The molecule has 2 aromatic rings. The van der Waals surface area contributed by atoms with Crippen molar-refractivity contribution in [2.24, 2.45) is 0 Å². The van der Waals surface area contributed by atoms with Gasteiger partial charge in [-0.15, -0.1) is 0 Å². The second kappa shape index (κ2) is 6.81. The van der Waals surface area contributed by atoms with E-state index in [0.29, 0.717) is 12.8 Å². The van der Waals surface area contributed by atoms with E-state index in [1.807, 2.05) is 12.1 Å². The van der Waals surface area contributed by atoms with E-state index in [1.165, 1.54) is 16.7 Å². The van der Waals surface area contributed by atoms with Gasteiger partial charge in [0.25, 0.3) is 0 Å². The summed E-state index contributed by atoms with van der Waals surface area (Å²) in [6, 6.07) is 12.9. The van der Waals surface area contributed by atoms with Gasteiger partial charge < -0.3 is 19.5 Å². The Morgan fingerprint density at radius 1 is 1.20 bits per heavy atom. The number of methoxy groups -OCH3 is 1. The summed E-state index contributed by atoms with van der Waals surface area (Å²) in [4.78, 5) is 0. The van der Waals surface area contributed by atoms with Gasteiger partial charge in [-0.1, -0.05) is 30.4 Å². The topological polar surface area (TPSA) is 39.7 Å². The van der Waals surface area contributed by atoms with E-state index in [0.717, 1.165) is 30.1 Å². The van der Waals surface area contributed by atoms with Crippen LogP contribution in [-0.4, -0.2) is 19.9 Å². The Kier molecular flexibility index (Phi) is 4.36. The van der Waals surface area contributed by atoms with Gasteiger partial charge in [-0.05, 0) is 49.1 Å². The quantitative estimate of drug-likeness (QED) is 0.843. The maximum absolute atomic E-state index is 5.59. The number of rotatable bonds is 5. The molecule has 0 amide bonds. The van der Waals surface area contributed by atoms with Crippen molar-refractivity contribution in [1.29, 1.82) is 0 Å². The molecule has 0 saturated carbocycles. The minimum Gasteiger partial charge on any atom is -0.496 e. The van der Waals surface area contributed by atoms with Crippen LogP contribution in [0.5, 0.6) is 17.2 Å². The molecule has 2 aliphatic rings. The summed E-state index contributed by atoms with van der Waals surface area (Å²) in [5.74, 6) is 2.63. The van der Waals surface area contributed by atoms with E-state index in [2.05, 4.69) is 48.7 Å². The lowest BCUT2D eigenvalue weighted by molar-refractivity contribution is 0.174. The monoisotopic (exact) mass is 337 g/mol. The van der Waals surface area contributed by atoms with Crippen LogP contribution in [0.3, 0.4) is 0 Å². The lowest BCUT2D eigenvalue weighted by Crippen LogP contribution is -2.32. The van der Waals surface area contributed by atoms with Crippen LogP contribution in [0.2, 0.25) is 0 Å². The molecule has 1 N–H and O–H groups in total. The highest BCUT2D eigenvalue weighted by Crippen LogP contribution is 2.35. The summed E-state index contributed by atoms with van der Waals surface area (Å²) < 4.78 is 16.4. The van der Waals surface area contributed by atoms with Crippen molar-refractivity contribution in [1.82, 2.24) is 5.32 Å². The molecule has 1 heterocycles. The number of ether oxygens (including phenoxy) is 3. The van der Waals surface area contributed by atoms with Crippen LogP contribution < -0.4 is 19.5 Å². The molecule has 0 saturated heterocycles. The Labute approximate surface area is 148 Å². The average Bonchev–Trinajstić information content (AvgIpc) is 3.09. The number of fused-ring (bicyclic) bond motifs is 2. The second-order valence-corrected chi connectivity index (χ2v) is 6.60. The Hall–Kier alpha value is -2.46. The van der Waals surface area contributed by atoms with Crippen LogP contribution in [0.15, 0.2) is 48.6 Å². The second-order valence-electron chi connectivity index (χ2n) is 6.60. The van der Waals surface area contributed by atoms with Gasteiger partial charge in [-0.3, -0.25) is 0 Å². The fourth-order valence-corrected chi connectivity index (χ4v) is 3.65. The molecule has 4 nitrogen and oxygen atoms in total. The van der Waals surface area contributed by atoms with Crippen molar-refractivity contribution in [3.05, 3.63) is 65.2 Å².